The highest BCUT2D eigenvalue weighted by Crippen LogP contribution is 2.30. The van der Waals surface area contributed by atoms with Crippen LogP contribution in [0.15, 0.2) is 40.1 Å². The SMILES string of the molecule is COc1cc(CN(C)C(=O)Cc2nc(-c3cccs3)oc2C)ccc1OC(F)F. The molecule has 9 heteroatoms. The van der Waals surface area contributed by atoms with Crippen molar-refractivity contribution in [2.45, 2.75) is 26.5 Å². The fraction of sp³-hybridized carbons (Fsp3) is 0.300. The van der Waals surface area contributed by atoms with Gasteiger partial charge in [0.15, 0.2) is 11.5 Å². The summed E-state index contributed by atoms with van der Waals surface area (Å²) in [5.74, 6) is 1.08. The normalized spacial score (nSPS) is 11.0. The average Bonchev–Trinajstić information content (AvgIpc) is 3.33. The number of carbonyl (C=O) groups is 1. The van der Waals surface area contributed by atoms with Crippen LogP contribution in [-0.2, 0) is 17.8 Å². The van der Waals surface area contributed by atoms with Crippen molar-refractivity contribution in [2.24, 2.45) is 0 Å². The summed E-state index contributed by atoms with van der Waals surface area (Å²) in [6, 6.07) is 8.39. The third-order valence-corrected chi connectivity index (χ3v) is 5.09. The maximum Gasteiger partial charge on any atom is 0.387 e. The molecule has 0 unspecified atom stereocenters. The Morgan fingerprint density at radius 3 is 2.76 bits per heavy atom. The molecule has 2 heterocycles. The van der Waals surface area contributed by atoms with Crippen molar-refractivity contribution in [1.82, 2.24) is 9.88 Å². The predicted molar refractivity (Wildman–Crippen MR) is 104 cm³/mol. The van der Waals surface area contributed by atoms with Crippen molar-refractivity contribution in [3.8, 4) is 22.3 Å². The van der Waals surface area contributed by atoms with Crippen molar-refractivity contribution >= 4 is 17.2 Å². The van der Waals surface area contributed by atoms with Gasteiger partial charge in [-0.15, -0.1) is 11.3 Å². The molecule has 154 valence electrons. The first-order chi connectivity index (χ1) is 13.9. The first-order valence-electron chi connectivity index (χ1n) is 8.73. The van der Waals surface area contributed by atoms with Gasteiger partial charge in [0.25, 0.3) is 0 Å². The van der Waals surface area contributed by atoms with Crippen LogP contribution in [-0.4, -0.2) is 36.6 Å². The molecule has 3 aromatic rings. The Morgan fingerprint density at radius 1 is 1.31 bits per heavy atom. The van der Waals surface area contributed by atoms with Crippen molar-refractivity contribution in [3.63, 3.8) is 0 Å². The molecule has 0 saturated heterocycles. The third-order valence-electron chi connectivity index (χ3n) is 4.23. The predicted octanol–water partition coefficient (Wildman–Crippen LogP) is 4.52. The number of aromatic nitrogens is 1. The number of likely N-dealkylation sites (N-methyl/N-ethyl adjacent to an activating group) is 1. The molecule has 2 aromatic heterocycles. The van der Waals surface area contributed by atoms with E-state index < -0.39 is 6.61 Å². The smallest absolute Gasteiger partial charge is 0.387 e. The summed E-state index contributed by atoms with van der Waals surface area (Å²) >= 11 is 1.51. The second kappa shape index (κ2) is 9.04. The Bertz CT molecular complexity index is 973. The van der Waals surface area contributed by atoms with Crippen LogP contribution in [0.25, 0.3) is 10.8 Å². The van der Waals surface area contributed by atoms with E-state index in [9.17, 15) is 13.6 Å². The average molecular weight is 422 g/mol. The van der Waals surface area contributed by atoms with Gasteiger partial charge < -0.3 is 18.8 Å². The zero-order chi connectivity index (χ0) is 21.0. The summed E-state index contributed by atoms with van der Waals surface area (Å²) in [6.07, 6.45) is 0.0981. The topological polar surface area (TPSA) is 64.8 Å². The number of hydrogen-bond acceptors (Lipinski definition) is 6. The van der Waals surface area contributed by atoms with Gasteiger partial charge in [0, 0.05) is 13.6 Å². The highest BCUT2D eigenvalue weighted by Gasteiger charge is 2.18. The number of thiophene rings is 1. The fourth-order valence-electron chi connectivity index (χ4n) is 2.74. The van der Waals surface area contributed by atoms with E-state index in [4.69, 9.17) is 9.15 Å². The summed E-state index contributed by atoms with van der Waals surface area (Å²) in [6.45, 7) is -0.887. The lowest BCUT2D eigenvalue weighted by atomic mass is 10.1. The van der Waals surface area contributed by atoms with Crippen molar-refractivity contribution < 1.29 is 27.5 Å². The minimum absolute atomic E-state index is 0.0560. The van der Waals surface area contributed by atoms with Crippen LogP contribution < -0.4 is 9.47 Å². The number of rotatable bonds is 8. The Hall–Kier alpha value is -2.94. The Morgan fingerprint density at radius 2 is 2.10 bits per heavy atom. The molecule has 1 amide bonds. The van der Waals surface area contributed by atoms with Crippen molar-refractivity contribution in [3.05, 3.63) is 52.7 Å². The highest BCUT2D eigenvalue weighted by atomic mass is 32.1. The maximum atomic E-state index is 12.6. The van der Waals surface area contributed by atoms with Crippen LogP contribution in [0.1, 0.15) is 17.0 Å². The lowest BCUT2D eigenvalue weighted by Crippen LogP contribution is -2.28. The van der Waals surface area contributed by atoms with Crippen LogP contribution in [0.3, 0.4) is 0 Å². The summed E-state index contributed by atoms with van der Waals surface area (Å²) in [4.78, 5) is 19.5. The van der Waals surface area contributed by atoms with Gasteiger partial charge >= 0.3 is 6.61 Å². The number of alkyl halides is 2. The summed E-state index contributed by atoms with van der Waals surface area (Å²) in [5.41, 5.74) is 1.30. The maximum absolute atomic E-state index is 12.6. The van der Waals surface area contributed by atoms with Gasteiger partial charge in [-0.1, -0.05) is 12.1 Å². The molecule has 0 bridgehead atoms. The van der Waals surface area contributed by atoms with Crippen LogP contribution in [0, 0.1) is 6.92 Å². The summed E-state index contributed by atoms with van der Waals surface area (Å²) in [7, 11) is 3.03. The second-order valence-electron chi connectivity index (χ2n) is 6.29. The largest absolute Gasteiger partial charge is 0.493 e. The van der Waals surface area contributed by atoms with Crippen LogP contribution in [0.2, 0.25) is 0 Å². The summed E-state index contributed by atoms with van der Waals surface area (Å²) < 4.78 is 40.1. The first kappa shape index (κ1) is 20.8. The second-order valence-corrected chi connectivity index (χ2v) is 7.24. The molecule has 0 aliphatic heterocycles. The highest BCUT2D eigenvalue weighted by molar-refractivity contribution is 7.13. The molecule has 0 N–H and O–H groups in total. The number of methoxy groups -OCH3 is 1. The first-order valence-corrected chi connectivity index (χ1v) is 9.61. The molecule has 1 aromatic carbocycles. The minimum atomic E-state index is -2.94. The number of aryl methyl sites for hydroxylation is 1. The quantitative estimate of drug-likeness (QED) is 0.534. The fourth-order valence-corrected chi connectivity index (χ4v) is 3.39. The van der Waals surface area contributed by atoms with E-state index in [0.29, 0.717) is 17.3 Å². The standard InChI is InChI=1S/C20H20F2N2O4S/c1-12-14(23-19(27-12)17-5-4-8-29-17)10-18(25)24(2)11-13-6-7-15(28-20(21)22)16(9-13)26-3/h4-9,20H,10-11H2,1-3H3. The van der Waals surface area contributed by atoms with E-state index in [-0.39, 0.29) is 30.4 Å². The van der Waals surface area contributed by atoms with Crippen LogP contribution in [0.4, 0.5) is 8.78 Å². The Labute approximate surface area is 170 Å². The molecule has 0 radical (unpaired) electrons. The van der Waals surface area contributed by atoms with E-state index in [0.717, 1.165) is 10.4 Å². The molecule has 0 aliphatic rings. The Balaban J connectivity index is 1.67. The van der Waals surface area contributed by atoms with Gasteiger partial charge in [0.2, 0.25) is 11.8 Å². The molecule has 6 nitrogen and oxygen atoms in total. The van der Waals surface area contributed by atoms with E-state index in [2.05, 4.69) is 9.72 Å². The van der Waals surface area contributed by atoms with E-state index >= 15 is 0 Å². The number of hydrogen-bond donors (Lipinski definition) is 0. The van der Waals surface area contributed by atoms with Crippen LogP contribution >= 0.6 is 11.3 Å². The molecule has 0 aliphatic carbocycles. The zero-order valence-corrected chi connectivity index (χ0v) is 17.0. The number of ether oxygens (including phenoxy) is 2. The number of carbonyl (C=O) groups excluding carboxylic acids is 1. The van der Waals surface area contributed by atoms with E-state index in [1.165, 1.54) is 29.4 Å². The molecule has 29 heavy (non-hydrogen) atoms. The minimum Gasteiger partial charge on any atom is -0.493 e. The Kier molecular flexibility index (Phi) is 6.48. The van der Waals surface area contributed by atoms with Gasteiger partial charge in [-0.05, 0) is 36.1 Å². The van der Waals surface area contributed by atoms with E-state index in [1.807, 2.05) is 17.5 Å². The van der Waals surface area contributed by atoms with Gasteiger partial charge in [-0.3, -0.25) is 4.79 Å². The third kappa shape index (κ3) is 5.11. The van der Waals surface area contributed by atoms with Gasteiger partial charge in [-0.2, -0.15) is 8.78 Å². The van der Waals surface area contributed by atoms with E-state index in [1.54, 1.807) is 26.1 Å². The molecule has 0 atom stereocenters. The zero-order valence-electron chi connectivity index (χ0n) is 16.1. The monoisotopic (exact) mass is 422 g/mol. The lowest BCUT2D eigenvalue weighted by Gasteiger charge is -2.18. The molecule has 0 spiro atoms. The number of nitrogens with zero attached hydrogens (tertiary/aromatic N) is 2. The molecule has 3 rings (SSSR count). The molecule has 0 fully saturated rings. The summed E-state index contributed by atoms with van der Waals surface area (Å²) in [5, 5.41) is 1.93. The number of oxazole rings is 1. The van der Waals surface area contributed by atoms with Crippen molar-refractivity contribution in [2.75, 3.05) is 14.2 Å². The van der Waals surface area contributed by atoms with Gasteiger partial charge in [0.05, 0.1) is 24.1 Å². The van der Waals surface area contributed by atoms with Crippen LogP contribution in [0.5, 0.6) is 11.5 Å². The lowest BCUT2D eigenvalue weighted by molar-refractivity contribution is -0.129. The van der Waals surface area contributed by atoms with Gasteiger partial charge in [0.1, 0.15) is 5.76 Å². The molecular weight excluding hydrogens is 402 g/mol. The molecular formula is C20H20F2N2O4S. The number of benzene rings is 1. The number of amides is 1. The van der Waals surface area contributed by atoms with Crippen molar-refractivity contribution in [1.29, 1.82) is 0 Å². The number of halogens is 2. The molecule has 0 saturated carbocycles. The van der Waals surface area contributed by atoms with Gasteiger partial charge in [-0.25, -0.2) is 4.98 Å².